The Morgan fingerprint density at radius 2 is 1.67 bits per heavy atom. The van der Waals surface area contributed by atoms with Crippen molar-refractivity contribution in [3.05, 3.63) is 0 Å². The summed E-state index contributed by atoms with van der Waals surface area (Å²) in [7, 11) is 0. The molecule has 0 aromatic rings. The van der Waals surface area contributed by atoms with Crippen LogP contribution in [-0.2, 0) is 0 Å². The molecule has 2 saturated carbocycles. The van der Waals surface area contributed by atoms with E-state index in [2.05, 4.69) is 6.92 Å². The number of halogens is 2. The molecule has 0 radical (unpaired) electrons. The molecule has 0 aromatic carbocycles. The SMILES string of the molecule is CC.CCC1CC2(C1)CC2(F)F. The first-order valence-corrected chi connectivity index (χ1v) is 4.97. The van der Waals surface area contributed by atoms with Crippen LogP contribution in [0.15, 0.2) is 0 Å². The highest BCUT2D eigenvalue weighted by atomic mass is 19.3. The third kappa shape index (κ3) is 1.25. The summed E-state index contributed by atoms with van der Waals surface area (Å²) in [5.41, 5.74) is -0.492. The molecular formula is C10H18F2. The van der Waals surface area contributed by atoms with Gasteiger partial charge in [0.25, 0.3) is 5.92 Å². The third-order valence-electron chi connectivity index (χ3n) is 3.15. The van der Waals surface area contributed by atoms with Crippen molar-refractivity contribution in [2.45, 2.75) is 52.4 Å². The second kappa shape index (κ2) is 2.97. The Balaban J connectivity index is 0.000000336. The van der Waals surface area contributed by atoms with Crippen LogP contribution in [-0.4, -0.2) is 5.92 Å². The predicted molar refractivity (Wildman–Crippen MR) is 46.4 cm³/mol. The van der Waals surface area contributed by atoms with Crippen LogP contribution in [0.3, 0.4) is 0 Å². The Hall–Kier alpha value is -0.140. The Morgan fingerprint density at radius 1 is 1.25 bits per heavy atom. The Bertz CT molecular complexity index is 157. The average molecular weight is 176 g/mol. The van der Waals surface area contributed by atoms with Crippen LogP contribution >= 0.6 is 0 Å². The van der Waals surface area contributed by atoms with Crippen LogP contribution in [0.1, 0.15) is 46.5 Å². The molecule has 0 amide bonds. The summed E-state index contributed by atoms with van der Waals surface area (Å²) in [6.07, 6.45) is 2.83. The van der Waals surface area contributed by atoms with E-state index < -0.39 is 11.3 Å². The van der Waals surface area contributed by atoms with Crippen molar-refractivity contribution in [3.8, 4) is 0 Å². The number of alkyl halides is 2. The van der Waals surface area contributed by atoms with Crippen LogP contribution in [0, 0.1) is 11.3 Å². The van der Waals surface area contributed by atoms with Crippen molar-refractivity contribution in [1.29, 1.82) is 0 Å². The summed E-state index contributed by atoms with van der Waals surface area (Å²) in [5, 5.41) is 0. The molecule has 0 bridgehead atoms. The summed E-state index contributed by atoms with van der Waals surface area (Å²) in [4.78, 5) is 0. The van der Waals surface area contributed by atoms with Gasteiger partial charge in [-0.1, -0.05) is 27.2 Å². The number of hydrogen-bond donors (Lipinski definition) is 0. The molecule has 12 heavy (non-hydrogen) atoms. The van der Waals surface area contributed by atoms with Gasteiger partial charge in [0.2, 0.25) is 0 Å². The van der Waals surface area contributed by atoms with Gasteiger partial charge in [0.05, 0.1) is 0 Å². The van der Waals surface area contributed by atoms with E-state index in [-0.39, 0.29) is 6.42 Å². The molecular weight excluding hydrogens is 158 g/mol. The molecule has 2 heteroatoms. The highest BCUT2D eigenvalue weighted by Gasteiger charge is 2.74. The molecule has 0 aliphatic heterocycles. The zero-order valence-corrected chi connectivity index (χ0v) is 8.16. The normalized spacial score (nSPS) is 41.2. The molecule has 2 rings (SSSR count). The van der Waals surface area contributed by atoms with Gasteiger partial charge in [-0.3, -0.25) is 0 Å². The van der Waals surface area contributed by atoms with Crippen LogP contribution < -0.4 is 0 Å². The summed E-state index contributed by atoms with van der Waals surface area (Å²) >= 11 is 0. The van der Waals surface area contributed by atoms with E-state index in [0.717, 1.165) is 19.3 Å². The van der Waals surface area contributed by atoms with Gasteiger partial charge in [0, 0.05) is 11.8 Å². The average Bonchev–Trinajstić information content (AvgIpc) is 2.55. The molecule has 1 spiro atoms. The molecule has 0 saturated heterocycles. The lowest BCUT2D eigenvalue weighted by atomic mass is 9.70. The van der Waals surface area contributed by atoms with E-state index in [1.807, 2.05) is 13.8 Å². The van der Waals surface area contributed by atoms with E-state index in [1.54, 1.807) is 0 Å². The summed E-state index contributed by atoms with van der Waals surface area (Å²) in [6, 6.07) is 0. The van der Waals surface area contributed by atoms with Gasteiger partial charge in [-0.25, -0.2) is 8.78 Å². The Kier molecular flexibility index (Phi) is 2.46. The molecule has 0 atom stereocenters. The molecule has 0 aromatic heterocycles. The Morgan fingerprint density at radius 3 is 1.92 bits per heavy atom. The molecule has 2 aliphatic carbocycles. The minimum Gasteiger partial charge on any atom is -0.206 e. The van der Waals surface area contributed by atoms with Gasteiger partial charge < -0.3 is 0 Å². The van der Waals surface area contributed by atoms with E-state index in [9.17, 15) is 8.78 Å². The van der Waals surface area contributed by atoms with Crippen molar-refractivity contribution in [2.75, 3.05) is 0 Å². The quantitative estimate of drug-likeness (QED) is 0.569. The van der Waals surface area contributed by atoms with Gasteiger partial charge in [0.1, 0.15) is 0 Å². The highest BCUT2D eigenvalue weighted by Crippen LogP contribution is 2.73. The largest absolute Gasteiger partial charge is 0.254 e. The molecule has 0 N–H and O–H groups in total. The lowest BCUT2D eigenvalue weighted by Gasteiger charge is -2.35. The second-order valence-corrected chi connectivity index (χ2v) is 3.84. The van der Waals surface area contributed by atoms with E-state index in [4.69, 9.17) is 0 Å². The molecule has 2 fully saturated rings. The minimum atomic E-state index is -2.28. The topological polar surface area (TPSA) is 0 Å². The van der Waals surface area contributed by atoms with Crippen LogP contribution in [0.5, 0.6) is 0 Å². The number of hydrogen-bond acceptors (Lipinski definition) is 0. The lowest BCUT2D eigenvalue weighted by molar-refractivity contribution is 0.000978. The number of rotatable bonds is 1. The van der Waals surface area contributed by atoms with E-state index in [1.165, 1.54) is 0 Å². The fraction of sp³-hybridized carbons (Fsp3) is 1.00. The minimum absolute atomic E-state index is 0.177. The molecule has 2 aliphatic rings. The van der Waals surface area contributed by atoms with Crippen molar-refractivity contribution < 1.29 is 8.78 Å². The summed E-state index contributed by atoms with van der Waals surface area (Å²) < 4.78 is 25.1. The van der Waals surface area contributed by atoms with Crippen LogP contribution in [0.2, 0.25) is 0 Å². The van der Waals surface area contributed by atoms with Crippen molar-refractivity contribution in [3.63, 3.8) is 0 Å². The van der Waals surface area contributed by atoms with E-state index in [0.29, 0.717) is 5.92 Å². The van der Waals surface area contributed by atoms with Gasteiger partial charge >= 0.3 is 0 Å². The fourth-order valence-electron chi connectivity index (χ4n) is 2.16. The van der Waals surface area contributed by atoms with Gasteiger partial charge in [-0.15, -0.1) is 0 Å². The van der Waals surface area contributed by atoms with Gasteiger partial charge in [0.15, 0.2) is 0 Å². The first-order valence-electron chi connectivity index (χ1n) is 4.97. The van der Waals surface area contributed by atoms with Gasteiger partial charge in [-0.05, 0) is 18.8 Å². The standard InChI is InChI=1S/C8H12F2.C2H6/c1-2-6-3-7(4-6)5-8(7,9)10;1-2/h6H,2-5H2,1H3;1-2H3. The first kappa shape index (κ1) is 9.94. The van der Waals surface area contributed by atoms with Crippen molar-refractivity contribution in [2.24, 2.45) is 11.3 Å². The zero-order valence-electron chi connectivity index (χ0n) is 8.16. The van der Waals surface area contributed by atoms with Crippen LogP contribution in [0.4, 0.5) is 8.78 Å². The van der Waals surface area contributed by atoms with Gasteiger partial charge in [-0.2, -0.15) is 0 Å². The Labute approximate surface area is 73.3 Å². The lowest BCUT2D eigenvalue weighted by Crippen LogP contribution is -2.29. The molecule has 0 nitrogen and oxygen atoms in total. The second-order valence-electron chi connectivity index (χ2n) is 3.84. The summed E-state index contributed by atoms with van der Waals surface area (Å²) in [5.74, 6) is -1.67. The maximum Gasteiger partial charge on any atom is 0.254 e. The van der Waals surface area contributed by atoms with Crippen molar-refractivity contribution >= 4 is 0 Å². The monoisotopic (exact) mass is 176 g/mol. The highest BCUT2D eigenvalue weighted by molar-refractivity contribution is 5.16. The molecule has 0 unspecified atom stereocenters. The predicted octanol–water partition coefficient (Wildman–Crippen LogP) is 3.86. The smallest absolute Gasteiger partial charge is 0.206 e. The molecule has 0 heterocycles. The fourth-order valence-corrected chi connectivity index (χ4v) is 2.16. The molecule has 72 valence electrons. The van der Waals surface area contributed by atoms with Crippen molar-refractivity contribution in [1.82, 2.24) is 0 Å². The maximum atomic E-state index is 12.5. The third-order valence-corrected chi connectivity index (χ3v) is 3.15. The van der Waals surface area contributed by atoms with E-state index >= 15 is 0 Å². The summed E-state index contributed by atoms with van der Waals surface area (Å²) in [6.45, 7) is 6.08. The zero-order chi connectivity index (χ0) is 9.41. The van der Waals surface area contributed by atoms with Crippen LogP contribution in [0.25, 0.3) is 0 Å². The maximum absolute atomic E-state index is 12.5. The first-order chi connectivity index (χ1) is 5.60.